The van der Waals surface area contributed by atoms with Crippen LogP contribution in [0.25, 0.3) is 0 Å². The molecular weight excluding hydrogens is 376 g/mol. The van der Waals surface area contributed by atoms with E-state index in [0.717, 1.165) is 12.8 Å². The smallest absolute Gasteiger partial charge is 0.320 e. The maximum Gasteiger partial charge on any atom is 0.320 e. The zero-order chi connectivity index (χ0) is 21.6. The van der Waals surface area contributed by atoms with E-state index in [1.54, 1.807) is 29.7 Å². The summed E-state index contributed by atoms with van der Waals surface area (Å²) in [7, 11) is 1.50. The molecule has 4 N–H and O–H groups in total. The standard InChI is InChI=1S/C20H30N4O5/c1-20(2,3)17(18(26)24(11-13-9-10-13)12-16(25)23-28)22-19(27)21-14-7-5-6-8-15(14)29-4/h5-8,13,17,28H,9-12H2,1-4H3,(H,23,25)(H2,21,22,27)/t17-/m1/s1. The predicted molar refractivity (Wildman–Crippen MR) is 108 cm³/mol. The number of carbonyl (C=O) groups is 3. The topological polar surface area (TPSA) is 120 Å². The lowest BCUT2D eigenvalue weighted by Crippen LogP contribution is -2.57. The van der Waals surface area contributed by atoms with Gasteiger partial charge in [0.05, 0.1) is 12.8 Å². The number of hydroxylamine groups is 1. The summed E-state index contributed by atoms with van der Waals surface area (Å²) >= 11 is 0. The molecule has 1 aromatic rings. The molecule has 4 amide bonds. The Labute approximate surface area is 170 Å². The number of hydrogen-bond acceptors (Lipinski definition) is 5. The highest BCUT2D eigenvalue weighted by molar-refractivity contribution is 5.96. The molecular formula is C20H30N4O5. The first-order chi connectivity index (χ1) is 13.7. The number of urea groups is 1. The molecule has 29 heavy (non-hydrogen) atoms. The predicted octanol–water partition coefficient (Wildman–Crippen LogP) is 1.98. The molecule has 0 unspecified atom stereocenters. The summed E-state index contributed by atoms with van der Waals surface area (Å²) < 4.78 is 5.23. The van der Waals surface area contributed by atoms with Gasteiger partial charge in [0.2, 0.25) is 5.91 Å². The van der Waals surface area contributed by atoms with Crippen LogP contribution in [0.1, 0.15) is 33.6 Å². The lowest BCUT2D eigenvalue weighted by Gasteiger charge is -2.34. The third kappa shape index (κ3) is 6.63. The molecule has 1 aromatic carbocycles. The van der Waals surface area contributed by atoms with Crippen molar-refractivity contribution in [1.29, 1.82) is 0 Å². The lowest BCUT2D eigenvalue weighted by atomic mass is 9.85. The van der Waals surface area contributed by atoms with Gasteiger partial charge in [0.25, 0.3) is 5.91 Å². The van der Waals surface area contributed by atoms with Gasteiger partial charge in [-0.05, 0) is 36.3 Å². The van der Waals surface area contributed by atoms with Gasteiger partial charge in [0.1, 0.15) is 18.3 Å². The minimum atomic E-state index is -0.873. The Hall–Kier alpha value is -2.81. The zero-order valence-electron chi connectivity index (χ0n) is 17.3. The maximum atomic E-state index is 13.2. The molecule has 9 nitrogen and oxygen atoms in total. The Morgan fingerprint density at radius 3 is 2.45 bits per heavy atom. The van der Waals surface area contributed by atoms with E-state index >= 15 is 0 Å². The molecule has 160 valence electrons. The average Bonchev–Trinajstić information content (AvgIpc) is 3.48. The SMILES string of the molecule is COc1ccccc1NC(=O)N[C@H](C(=O)N(CC(=O)NO)CC1CC1)C(C)(C)C. The van der Waals surface area contributed by atoms with Crippen molar-refractivity contribution in [2.75, 3.05) is 25.5 Å². The second kappa shape index (κ2) is 9.60. The lowest BCUT2D eigenvalue weighted by molar-refractivity contribution is -0.142. The summed E-state index contributed by atoms with van der Waals surface area (Å²) in [6.45, 7) is 5.64. The van der Waals surface area contributed by atoms with Crippen LogP contribution in [-0.2, 0) is 9.59 Å². The molecule has 1 atom stereocenters. The number of benzene rings is 1. The maximum absolute atomic E-state index is 13.2. The van der Waals surface area contributed by atoms with Gasteiger partial charge in [-0.1, -0.05) is 32.9 Å². The van der Waals surface area contributed by atoms with Gasteiger partial charge in [-0.2, -0.15) is 0 Å². The van der Waals surface area contributed by atoms with Gasteiger partial charge in [-0.25, -0.2) is 10.3 Å². The second-order valence-electron chi connectivity index (χ2n) is 8.29. The largest absolute Gasteiger partial charge is 0.495 e. The summed E-state index contributed by atoms with van der Waals surface area (Å²) in [6.07, 6.45) is 1.98. The highest BCUT2D eigenvalue weighted by Crippen LogP contribution is 2.31. The molecule has 9 heteroatoms. The number of carbonyl (C=O) groups excluding carboxylic acids is 3. The van der Waals surface area contributed by atoms with Gasteiger partial charge >= 0.3 is 6.03 Å². The highest BCUT2D eigenvalue weighted by Gasteiger charge is 2.38. The number of ether oxygens (including phenoxy) is 1. The van der Waals surface area contributed by atoms with Crippen LogP contribution in [0.5, 0.6) is 5.75 Å². The fourth-order valence-corrected chi connectivity index (χ4v) is 2.92. The monoisotopic (exact) mass is 406 g/mol. The van der Waals surface area contributed by atoms with Crippen LogP contribution in [0.4, 0.5) is 10.5 Å². The van der Waals surface area contributed by atoms with Crippen LogP contribution in [0.3, 0.4) is 0 Å². The van der Waals surface area contributed by atoms with Crippen molar-refractivity contribution in [3.63, 3.8) is 0 Å². The molecule has 0 aliphatic heterocycles. The average molecular weight is 406 g/mol. The fourth-order valence-electron chi connectivity index (χ4n) is 2.92. The first-order valence-electron chi connectivity index (χ1n) is 9.58. The van der Waals surface area contributed by atoms with Gasteiger partial charge in [0.15, 0.2) is 0 Å². The van der Waals surface area contributed by atoms with Crippen LogP contribution in [0.2, 0.25) is 0 Å². The van der Waals surface area contributed by atoms with Crippen molar-refractivity contribution < 1.29 is 24.3 Å². The fraction of sp³-hybridized carbons (Fsp3) is 0.550. The van der Waals surface area contributed by atoms with Crippen molar-refractivity contribution >= 4 is 23.5 Å². The molecule has 1 saturated carbocycles. The number of anilines is 1. The van der Waals surface area contributed by atoms with Gasteiger partial charge in [-0.15, -0.1) is 0 Å². The first-order valence-corrected chi connectivity index (χ1v) is 9.58. The first kappa shape index (κ1) is 22.5. The number of nitrogens with zero attached hydrogens (tertiary/aromatic N) is 1. The molecule has 0 spiro atoms. The molecule has 0 heterocycles. The van der Waals surface area contributed by atoms with E-state index in [4.69, 9.17) is 9.94 Å². The summed E-state index contributed by atoms with van der Waals surface area (Å²) in [5.41, 5.74) is 1.43. The third-order valence-electron chi connectivity index (χ3n) is 4.69. The molecule has 1 fully saturated rings. The van der Waals surface area contributed by atoms with E-state index in [1.165, 1.54) is 12.0 Å². The Morgan fingerprint density at radius 2 is 1.90 bits per heavy atom. The van der Waals surface area contributed by atoms with E-state index in [1.807, 2.05) is 20.8 Å². The van der Waals surface area contributed by atoms with Crippen LogP contribution in [-0.4, -0.2) is 54.2 Å². The number of rotatable bonds is 8. The summed E-state index contributed by atoms with van der Waals surface area (Å²) in [6, 6.07) is 5.52. The van der Waals surface area contributed by atoms with Crippen molar-refractivity contribution in [3.05, 3.63) is 24.3 Å². The van der Waals surface area contributed by atoms with E-state index < -0.39 is 23.4 Å². The van der Waals surface area contributed by atoms with Crippen molar-refractivity contribution in [1.82, 2.24) is 15.7 Å². The molecule has 1 aliphatic rings. The minimum absolute atomic E-state index is 0.270. The Balaban J connectivity index is 2.15. The Morgan fingerprint density at radius 1 is 1.24 bits per heavy atom. The molecule has 0 saturated heterocycles. The van der Waals surface area contributed by atoms with Crippen LogP contribution >= 0.6 is 0 Å². The number of nitrogens with one attached hydrogen (secondary N) is 3. The van der Waals surface area contributed by atoms with Crippen molar-refractivity contribution in [3.8, 4) is 5.75 Å². The van der Waals surface area contributed by atoms with Crippen LogP contribution < -0.4 is 20.9 Å². The van der Waals surface area contributed by atoms with Crippen LogP contribution in [0, 0.1) is 11.3 Å². The van der Waals surface area contributed by atoms with Crippen molar-refractivity contribution in [2.45, 2.75) is 39.7 Å². The molecule has 0 bridgehead atoms. The second-order valence-corrected chi connectivity index (χ2v) is 8.29. The highest BCUT2D eigenvalue weighted by atomic mass is 16.5. The Bertz CT molecular complexity index is 743. The third-order valence-corrected chi connectivity index (χ3v) is 4.69. The molecule has 1 aliphatic carbocycles. The quantitative estimate of drug-likeness (QED) is 0.389. The summed E-state index contributed by atoms with van der Waals surface area (Å²) in [5.74, 6) is -0.210. The summed E-state index contributed by atoms with van der Waals surface area (Å²) in [5, 5.41) is 14.3. The van der Waals surface area contributed by atoms with E-state index in [2.05, 4.69) is 10.6 Å². The molecule has 0 radical (unpaired) electrons. The van der Waals surface area contributed by atoms with Gasteiger partial charge in [0, 0.05) is 6.54 Å². The van der Waals surface area contributed by atoms with E-state index in [-0.39, 0.29) is 12.5 Å². The Kier molecular flexibility index (Phi) is 7.44. The van der Waals surface area contributed by atoms with Crippen LogP contribution in [0.15, 0.2) is 24.3 Å². The number of amides is 4. The van der Waals surface area contributed by atoms with Gasteiger partial charge in [-0.3, -0.25) is 14.8 Å². The molecule has 0 aromatic heterocycles. The molecule has 2 rings (SSSR count). The van der Waals surface area contributed by atoms with Crippen molar-refractivity contribution in [2.24, 2.45) is 11.3 Å². The normalized spacial score (nSPS) is 14.5. The van der Waals surface area contributed by atoms with E-state index in [0.29, 0.717) is 23.9 Å². The number of methoxy groups -OCH3 is 1. The summed E-state index contributed by atoms with van der Waals surface area (Å²) in [4.78, 5) is 38.9. The zero-order valence-corrected chi connectivity index (χ0v) is 17.3. The van der Waals surface area contributed by atoms with E-state index in [9.17, 15) is 14.4 Å². The van der Waals surface area contributed by atoms with Gasteiger partial charge < -0.3 is 20.3 Å². The minimum Gasteiger partial charge on any atom is -0.495 e. The number of hydrogen-bond donors (Lipinski definition) is 4. The number of para-hydroxylation sites is 2.